The van der Waals surface area contributed by atoms with E-state index in [-0.39, 0.29) is 18.3 Å². The first-order valence-electron chi connectivity index (χ1n) is 5.17. The molecule has 1 aromatic carbocycles. The molecule has 1 amide bonds. The van der Waals surface area contributed by atoms with E-state index < -0.39 is 0 Å². The Morgan fingerprint density at radius 3 is 3.06 bits per heavy atom. The molecule has 92 valence electrons. The van der Waals surface area contributed by atoms with E-state index in [0.29, 0.717) is 13.0 Å². The summed E-state index contributed by atoms with van der Waals surface area (Å²) >= 11 is 0. The number of nitrogens with zero attached hydrogens (tertiary/aromatic N) is 1. The van der Waals surface area contributed by atoms with E-state index in [4.69, 9.17) is 0 Å². The van der Waals surface area contributed by atoms with Crippen LogP contribution in [0.1, 0.15) is 6.42 Å². The fourth-order valence-corrected chi connectivity index (χ4v) is 1.48. The number of rotatable bonds is 4. The first-order chi connectivity index (χ1) is 7.79. The highest BCUT2D eigenvalue weighted by molar-refractivity contribution is 5.93. The molecule has 0 fully saturated rings. The molecule has 2 aromatic rings. The molecule has 0 aliphatic heterocycles. The summed E-state index contributed by atoms with van der Waals surface area (Å²) in [5.41, 5.74) is 1.77. The van der Waals surface area contributed by atoms with E-state index in [1.807, 2.05) is 25.2 Å². The van der Waals surface area contributed by atoms with Crippen LogP contribution in [0, 0.1) is 0 Å². The number of halogens is 1. The Kier molecular flexibility index (Phi) is 4.93. The van der Waals surface area contributed by atoms with E-state index >= 15 is 0 Å². The van der Waals surface area contributed by atoms with Gasteiger partial charge in [0.1, 0.15) is 0 Å². The summed E-state index contributed by atoms with van der Waals surface area (Å²) < 4.78 is 0. The van der Waals surface area contributed by atoms with Crippen LogP contribution >= 0.6 is 12.4 Å². The second-order valence-electron chi connectivity index (χ2n) is 3.57. The Labute approximate surface area is 105 Å². The molecule has 1 heterocycles. The zero-order valence-electron chi connectivity index (χ0n) is 9.49. The number of carbonyl (C=O) groups excluding carboxylic acids is 1. The number of fused-ring (bicyclic) bond motifs is 1. The number of H-pyrrole nitrogens is 1. The molecule has 2 rings (SSSR count). The number of nitrogens with one attached hydrogen (secondary N) is 3. The molecule has 5 nitrogen and oxygen atoms in total. The van der Waals surface area contributed by atoms with Crippen LogP contribution in [-0.2, 0) is 4.79 Å². The van der Waals surface area contributed by atoms with Crippen LogP contribution in [0.25, 0.3) is 10.9 Å². The third-order valence-electron chi connectivity index (χ3n) is 2.33. The molecule has 0 saturated heterocycles. The maximum atomic E-state index is 11.5. The van der Waals surface area contributed by atoms with Crippen molar-refractivity contribution >= 4 is 34.9 Å². The Morgan fingerprint density at radius 2 is 2.29 bits per heavy atom. The Balaban J connectivity index is 0.00000144. The van der Waals surface area contributed by atoms with Gasteiger partial charge in [-0.25, -0.2) is 0 Å². The molecule has 0 unspecified atom stereocenters. The average molecular weight is 255 g/mol. The molecule has 3 N–H and O–H groups in total. The van der Waals surface area contributed by atoms with Crippen molar-refractivity contribution in [2.75, 3.05) is 18.9 Å². The van der Waals surface area contributed by atoms with Gasteiger partial charge in [0.05, 0.1) is 11.7 Å². The first kappa shape index (κ1) is 13.5. The zero-order valence-corrected chi connectivity index (χ0v) is 10.3. The Morgan fingerprint density at radius 1 is 1.47 bits per heavy atom. The van der Waals surface area contributed by atoms with Crippen molar-refractivity contribution in [3.63, 3.8) is 0 Å². The van der Waals surface area contributed by atoms with Crippen LogP contribution in [0.15, 0.2) is 24.4 Å². The fourth-order valence-electron chi connectivity index (χ4n) is 1.48. The number of hydrogen-bond acceptors (Lipinski definition) is 3. The van der Waals surface area contributed by atoms with Crippen molar-refractivity contribution < 1.29 is 4.79 Å². The van der Waals surface area contributed by atoms with Crippen molar-refractivity contribution in [3.05, 3.63) is 24.4 Å². The van der Waals surface area contributed by atoms with Crippen molar-refractivity contribution in [3.8, 4) is 0 Å². The molecular formula is C11H15ClN4O. The molecule has 0 radical (unpaired) electrons. The molecule has 0 spiro atoms. The van der Waals surface area contributed by atoms with Crippen LogP contribution in [0.5, 0.6) is 0 Å². The summed E-state index contributed by atoms with van der Waals surface area (Å²) in [6.45, 7) is 0.680. The number of aromatic nitrogens is 2. The number of aromatic amines is 1. The molecule has 0 bridgehead atoms. The molecule has 0 aliphatic rings. The summed E-state index contributed by atoms with van der Waals surface area (Å²) in [6.07, 6.45) is 2.21. The van der Waals surface area contributed by atoms with Gasteiger partial charge in [-0.2, -0.15) is 5.10 Å². The largest absolute Gasteiger partial charge is 0.326 e. The summed E-state index contributed by atoms with van der Waals surface area (Å²) in [6, 6.07) is 5.66. The van der Waals surface area contributed by atoms with Crippen LogP contribution in [-0.4, -0.2) is 29.7 Å². The van der Waals surface area contributed by atoms with Gasteiger partial charge in [-0.3, -0.25) is 9.89 Å². The topological polar surface area (TPSA) is 69.8 Å². The second-order valence-corrected chi connectivity index (χ2v) is 3.57. The summed E-state index contributed by atoms with van der Waals surface area (Å²) in [5, 5.41) is 13.5. The van der Waals surface area contributed by atoms with Gasteiger partial charge in [-0.1, -0.05) is 0 Å². The van der Waals surface area contributed by atoms with Gasteiger partial charge in [-0.05, 0) is 25.2 Å². The van der Waals surface area contributed by atoms with Crippen LogP contribution < -0.4 is 10.6 Å². The second kappa shape index (κ2) is 6.22. The third-order valence-corrected chi connectivity index (χ3v) is 2.33. The van der Waals surface area contributed by atoms with E-state index in [1.54, 1.807) is 6.20 Å². The summed E-state index contributed by atoms with van der Waals surface area (Å²) in [7, 11) is 1.82. The van der Waals surface area contributed by atoms with Gasteiger partial charge in [0.15, 0.2) is 0 Å². The van der Waals surface area contributed by atoms with Gasteiger partial charge in [-0.15, -0.1) is 12.4 Å². The lowest BCUT2D eigenvalue weighted by molar-refractivity contribution is -0.116. The standard InChI is InChI=1S/C11H14N4O.ClH/c1-12-5-4-11(16)14-9-2-3-10-8(6-9)7-13-15-10;/h2-3,6-7,12H,4-5H2,1H3,(H,13,15)(H,14,16);1H. The SMILES string of the molecule is CNCCC(=O)Nc1ccc2[nH]ncc2c1.Cl. The smallest absolute Gasteiger partial charge is 0.225 e. The number of carbonyl (C=O) groups is 1. The predicted octanol–water partition coefficient (Wildman–Crippen LogP) is 1.53. The molecule has 0 aliphatic carbocycles. The first-order valence-corrected chi connectivity index (χ1v) is 5.17. The number of amides is 1. The highest BCUT2D eigenvalue weighted by Crippen LogP contribution is 2.16. The quantitative estimate of drug-likeness (QED) is 0.775. The Hall–Kier alpha value is -1.59. The maximum absolute atomic E-state index is 11.5. The summed E-state index contributed by atoms with van der Waals surface area (Å²) in [4.78, 5) is 11.5. The molecule has 6 heteroatoms. The monoisotopic (exact) mass is 254 g/mol. The zero-order chi connectivity index (χ0) is 11.4. The molecule has 0 saturated carbocycles. The molecule has 17 heavy (non-hydrogen) atoms. The Bertz CT molecular complexity index is 497. The van der Waals surface area contributed by atoms with E-state index in [2.05, 4.69) is 20.8 Å². The number of anilines is 1. The average Bonchev–Trinajstić information content (AvgIpc) is 2.73. The predicted molar refractivity (Wildman–Crippen MR) is 70.5 cm³/mol. The van der Waals surface area contributed by atoms with Gasteiger partial charge in [0, 0.05) is 24.0 Å². The van der Waals surface area contributed by atoms with E-state index in [0.717, 1.165) is 16.6 Å². The van der Waals surface area contributed by atoms with Gasteiger partial charge >= 0.3 is 0 Å². The highest BCUT2D eigenvalue weighted by atomic mass is 35.5. The molecular weight excluding hydrogens is 240 g/mol. The normalized spacial score (nSPS) is 9.94. The third kappa shape index (κ3) is 3.44. The molecule has 1 aromatic heterocycles. The lowest BCUT2D eigenvalue weighted by Gasteiger charge is -2.04. The van der Waals surface area contributed by atoms with Gasteiger partial charge in [0.2, 0.25) is 5.91 Å². The van der Waals surface area contributed by atoms with Crippen molar-refractivity contribution in [1.29, 1.82) is 0 Å². The van der Waals surface area contributed by atoms with Crippen molar-refractivity contribution in [1.82, 2.24) is 15.5 Å². The highest BCUT2D eigenvalue weighted by Gasteiger charge is 2.02. The fraction of sp³-hybridized carbons (Fsp3) is 0.273. The van der Waals surface area contributed by atoms with E-state index in [1.165, 1.54) is 0 Å². The van der Waals surface area contributed by atoms with Crippen molar-refractivity contribution in [2.24, 2.45) is 0 Å². The maximum Gasteiger partial charge on any atom is 0.225 e. The minimum absolute atomic E-state index is 0. The minimum atomic E-state index is 0. The van der Waals surface area contributed by atoms with Crippen molar-refractivity contribution in [2.45, 2.75) is 6.42 Å². The minimum Gasteiger partial charge on any atom is -0.326 e. The molecule has 0 atom stereocenters. The van der Waals surface area contributed by atoms with Gasteiger partial charge in [0.25, 0.3) is 0 Å². The number of benzene rings is 1. The lowest BCUT2D eigenvalue weighted by Crippen LogP contribution is -2.18. The lowest BCUT2D eigenvalue weighted by atomic mass is 10.2. The summed E-state index contributed by atoms with van der Waals surface area (Å²) in [5.74, 6) is 0.0113. The van der Waals surface area contributed by atoms with Crippen LogP contribution in [0.2, 0.25) is 0 Å². The number of hydrogen-bond donors (Lipinski definition) is 3. The van der Waals surface area contributed by atoms with Crippen LogP contribution in [0.3, 0.4) is 0 Å². The van der Waals surface area contributed by atoms with Crippen LogP contribution in [0.4, 0.5) is 5.69 Å². The van der Waals surface area contributed by atoms with Gasteiger partial charge < -0.3 is 10.6 Å². The van der Waals surface area contributed by atoms with E-state index in [9.17, 15) is 4.79 Å².